The van der Waals surface area contributed by atoms with E-state index in [-0.39, 0.29) is 46.8 Å². The molecule has 0 spiro atoms. The van der Waals surface area contributed by atoms with E-state index in [1.807, 2.05) is 18.2 Å². The van der Waals surface area contributed by atoms with Gasteiger partial charge in [-0.25, -0.2) is 13.2 Å². The molecule has 1 amide bonds. The van der Waals surface area contributed by atoms with Gasteiger partial charge in [0.2, 0.25) is 10.0 Å². The van der Waals surface area contributed by atoms with E-state index in [0.717, 1.165) is 11.6 Å². The lowest BCUT2D eigenvalue weighted by molar-refractivity contribution is 0.0698. The van der Waals surface area contributed by atoms with Crippen LogP contribution < -0.4 is 5.32 Å². The SMILES string of the molecule is N#CCCN(Cc1ccccc1)S(=O)(=O)c1cccc(C(=O)Nc2ccc(C#N)cc2C(=O)O)c1. The number of sulfonamides is 1. The smallest absolute Gasteiger partial charge is 0.337 e. The van der Waals surface area contributed by atoms with Crippen molar-refractivity contribution in [3.05, 3.63) is 95.1 Å². The van der Waals surface area contributed by atoms with Crippen LogP contribution >= 0.6 is 0 Å². The predicted octanol–water partition coefficient (Wildman–Crippen LogP) is 3.61. The molecular weight excluding hydrogens is 468 g/mol. The molecule has 9 nitrogen and oxygen atoms in total. The second-order valence-corrected chi connectivity index (χ2v) is 9.33. The van der Waals surface area contributed by atoms with Gasteiger partial charge in [-0.05, 0) is 42.0 Å². The van der Waals surface area contributed by atoms with Crippen LogP contribution in [0.5, 0.6) is 0 Å². The number of carboxylic acid groups (broad SMARTS) is 1. The van der Waals surface area contributed by atoms with Crippen molar-refractivity contribution in [2.75, 3.05) is 11.9 Å². The van der Waals surface area contributed by atoms with Gasteiger partial charge in [0.1, 0.15) is 0 Å². The standard InChI is InChI=1S/C25H20N4O5S/c26-12-5-13-29(17-18-6-2-1-3-7-18)35(33,34)21-9-4-8-20(15-21)24(30)28-23-11-10-19(16-27)14-22(23)25(31)32/h1-4,6-11,14-15H,5,13,17H2,(H,28,30)(H,31,32). The summed E-state index contributed by atoms with van der Waals surface area (Å²) in [6.07, 6.45) is -0.0110. The van der Waals surface area contributed by atoms with Crippen LogP contribution in [0.3, 0.4) is 0 Å². The number of benzene rings is 3. The topological polar surface area (TPSA) is 151 Å². The summed E-state index contributed by atoms with van der Waals surface area (Å²) in [6.45, 7) is 0.0197. The van der Waals surface area contributed by atoms with Gasteiger partial charge < -0.3 is 10.4 Å². The third-order valence-corrected chi connectivity index (χ3v) is 6.88. The normalized spacial score (nSPS) is 10.8. The Hall–Kier alpha value is -4.51. The quantitative estimate of drug-likeness (QED) is 0.467. The van der Waals surface area contributed by atoms with Crippen molar-refractivity contribution in [3.63, 3.8) is 0 Å². The lowest BCUT2D eigenvalue weighted by Crippen LogP contribution is -2.31. The van der Waals surface area contributed by atoms with Crippen LogP contribution in [0.4, 0.5) is 5.69 Å². The molecular formula is C25H20N4O5S. The maximum absolute atomic E-state index is 13.4. The third-order valence-electron chi connectivity index (χ3n) is 5.04. The van der Waals surface area contributed by atoms with Gasteiger partial charge in [-0.1, -0.05) is 36.4 Å². The van der Waals surface area contributed by atoms with Crippen molar-refractivity contribution in [2.45, 2.75) is 17.9 Å². The zero-order valence-electron chi connectivity index (χ0n) is 18.4. The fourth-order valence-electron chi connectivity index (χ4n) is 3.29. The molecule has 0 bridgehead atoms. The number of amides is 1. The number of carbonyl (C=O) groups is 2. The fraction of sp³-hybridized carbons (Fsp3) is 0.120. The fourth-order valence-corrected chi connectivity index (χ4v) is 4.76. The first-order chi connectivity index (χ1) is 16.8. The number of anilines is 1. The Bertz CT molecular complexity index is 1440. The van der Waals surface area contributed by atoms with Crippen molar-refractivity contribution >= 4 is 27.6 Å². The molecule has 0 saturated heterocycles. The predicted molar refractivity (Wildman–Crippen MR) is 127 cm³/mol. The second kappa shape index (κ2) is 11.1. The summed E-state index contributed by atoms with van der Waals surface area (Å²) in [5.74, 6) is -2.05. The van der Waals surface area contributed by atoms with E-state index in [4.69, 9.17) is 10.5 Å². The molecule has 0 aromatic heterocycles. The Labute approximate surface area is 202 Å². The van der Waals surface area contributed by atoms with Crippen LogP contribution in [-0.2, 0) is 16.6 Å². The van der Waals surface area contributed by atoms with Gasteiger partial charge in [-0.3, -0.25) is 4.79 Å². The van der Waals surface area contributed by atoms with E-state index in [1.165, 1.54) is 40.7 Å². The van der Waals surface area contributed by atoms with E-state index < -0.39 is 21.9 Å². The molecule has 3 aromatic rings. The lowest BCUT2D eigenvalue weighted by atomic mass is 10.1. The molecule has 0 aliphatic carbocycles. The van der Waals surface area contributed by atoms with Gasteiger partial charge in [0.05, 0.1) is 33.8 Å². The minimum atomic E-state index is -4.06. The van der Waals surface area contributed by atoms with Crippen LogP contribution in [0.2, 0.25) is 0 Å². The minimum Gasteiger partial charge on any atom is -0.478 e. The monoisotopic (exact) mass is 488 g/mol. The van der Waals surface area contributed by atoms with E-state index >= 15 is 0 Å². The Morgan fingerprint density at radius 3 is 2.37 bits per heavy atom. The summed E-state index contributed by atoms with van der Waals surface area (Å²) < 4.78 is 27.9. The van der Waals surface area contributed by atoms with Crippen LogP contribution in [0.15, 0.2) is 77.7 Å². The molecule has 2 N–H and O–H groups in total. The number of carboxylic acids is 1. The molecule has 176 valence electrons. The number of carbonyl (C=O) groups excluding carboxylic acids is 1. The number of nitrogens with one attached hydrogen (secondary N) is 1. The molecule has 35 heavy (non-hydrogen) atoms. The highest BCUT2D eigenvalue weighted by molar-refractivity contribution is 7.89. The molecule has 0 unspecified atom stereocenters. The summed E-state index contributed by atoms with van der Waals surface area (Å²) in [4.78, 5) is 24.2. The van der Waals surface area contributed by atoms with Crippen molar-refractivity contribution in [1.29, 1.82) is 10.5 Å². The van der Waals surface area contributed by atoms with Crippen LogP contribution in [0, 0.1) is 22.7 Å². The van der Waals surface area contributed by atoms with Crippen molar-refractivity contribution in [2.24, 2.45) is 0 Å². The van der Waals surface area contributed by atoms with E-state index in [1.54, 1.807) is 24.3 Å². The molecule has 0 atom stereocenters. The Morgan fingerprint density at radius 2 is 1.71 bits per heavy atom. The van der Waals surface area contributed by atoms with Gasteiger partial charge in [0.15, 0.2) is 0 Å². The molecule has 0 saturated carbocycles. The average Bonchev–Trinajstić information content (AvgIpc) is 2.87. The Morgan fingerprint density at radius 1 is 0.971 bits per heavy atom. The Balaban J connectivity index is 1.90. The first kappa shape index (κ1) is 25.1. The minimum absolute atomic E-state index is 0.00767. The largest absolute Gasteiger partial charge is 0.478 e. The summed E-state index contributed by atoms with van der Waals surface area (Å²) >= 11 is 0. The summed E-state index contributed by atoms with van der Waals surface area (Å²) in [7, 11) is -4.06. The van der Waals surface area contributed by atoms with Gasteiger partial charge in [0.25, 0.3) is 5.91 Å². The number of hydrogen-bond donors (Lipinski definition) is 2. The lowest BCUT2D eigenvalue weighted by Gasteiger charge is -2.21. The Kier molecular flexibility index (Phi) is 7.95. The van der Waals surface area contributed by atoms with Crippen molar-refractivity contribution in [3.8, 4) is 12.1 Å². The van der Waals surface area contributed by atoms with Crippen LogP contribution in [-0.4, -0.2) is 36.3 Å². The van der Waals surface area contributed by atoms with Crippen LogP contribution in [0.1, 0.15) is 38.3 Å². The van der Waals surface area contributed by atoms with Gasteiger partial charge >= 0.3 is 5.97 Å². The first-order valence-corrected chi connectivity index (χ1v) is 11.8. The molecule has 0 fully saturated rings. The van der Waals surface area contributed by atoms with Gasteiger partial charge in [-0.2, -0.15) is 14.8 Å². The second-order valence-electron chi connectivity index (χ2n) is 7.39. The van der Waals surface area contributed by atoms with Crippen LogP contribution in [0.25, 0.3) is 0 Å². The molecule has 10 heteroatoms. The first-order valence-electron chi connectivity index (χ1n) is 10.4. The number of rotatable bonds is 9. The molecule has 0 heterocycles. The maximum atomic E-state index is 13.4. The van der Waals surface area contributed by atoms with Crippen molar-refractivity contribution < 1.29 is 23.1 Å². The highest BCUT2D eigenvalue weighted by Crippen LogP contribution is 2.22. The number of nitrogens with zero attached hydrogens (tertiary/aromatic N) is 3. The third kappa shape index (κ3) is 6.09. The molecule has 0 aliphatic rings. The molecule has 3 rings (SSSR count). The number of aromatic carboxylic acids is 1. The molecule has 3 aromatic carbocycles. The highest BCUT2D eigenvalue weighted by atomic mass is 32.2. The number of hydrogen-bond acceptors (Lipinski definition) is 6. The summed E-state index contributed by atoms with van der Waals surface area (Å²) in [6, 6.07) is 21.8. The zero-order chi connectivity index (χ0) is 25.4. The zero-order valence-corrected chi connectivity index (χ0v) is 19.2. The molecule has 0 aliphatic heterocycles. The van der Waals surface area contributed by atoms with E-state index in [9.17, 15) is 23.1 Å². The average molecular weight is 489 g/mol. The summed E-state index contributed by atoms with van der Waals surface area (Å²) in [5, 5.41) is 29.8. The van der Waals surface area contributed by atoms with Crippen molar-refractivity contribution in [1.82, 2.24) is 4.31 Å². The van der Waals surface area contributed by atoms with E-state index in [0.29, 0.717) is 0 Å². The highest BCUT2D eigenvalue weighted by Gasteiger charge is 2.25. The summed E-state index contributed by atoms with van der Waals surface area (Å²) in [5.41, 5.74) is 0.544. The van der Waals surface area contributed by atoms with Gasteiger partial charge in [-0.15, -0.1) is 0 Å². The molecule has 0 radical (unpaired) electrons. The van der Waals surface area contributed by atoms with Gasteiger partial charge in [0, 0.05) is 25.1 Å². The maximum Gasteiger partial charge on any atom is 0.337 e. The number of nitriles is 2. The van der Waals surface area contributed by atoms with E-state index in [2.05, 4.69) is 5.32 Å².